The average Bonchev–Trinajstić information content (AvgIpc) is 2.26. The minimum Gasteiger partial charge on any atom is -0.326 e. The van der Waals surface area contributed by atoms with Gasteiger partial charge in [0, 0.05) is 12.1 Å². The largest absolute Gasteiger partial charge is 0.326 e. The van der Waals surface area contributed by atoms with E-state index in [0.29, 0.717) is 12.8 Å². The molecule has 0 atom stereocenters. The van der Waals surface area contributed by atoms with Crippen LogP contribution in [0.3, 0.4) is 0 Å². The van der Waals surface area contributed by atoms with Crippen molar-refractivity contribution < 1.29 is 17.4 Å². The number of hydrogen-bond donors (Lipinski definition) is 1. The topological polar surface area (TPSA) is 72.5 Å². The van der Waals surface area contributed by atoms with E-state index in [2.05, 4.69) is 9.50 Å². The van der Waals surface area contributed by atoms with Gasteiger partial charge in [-0.3, -0.25) is 8.98 Å². The van der Waals surface area contributed by atoms with E-state index in [-0.39, 0.29) is 12.5 Å². The predicted octanol–water partition coefficient (Wildman–Crippen LogP) is 1.09. The molecule has 0 spiro atoms. The van der Waals surface area contributed by atoms with Gasteiger partial charge in [0.15, 0.2) is 0 Å². The predicted molar refractivity (Wildman–Crippen MR) is 67.9 cm³/mol. The molecule has 0 aromatic heterocycles. The number of aryl methyl sites for hydroxylation is 1. The number of hydrogen-bond acceptors (Lipinski definition) is 4. The molecule has 1 N–H and O–H groups in total. The molecule has 98 valence electrons. The molecule has 0 fully saturated rings. The molecule has 18 heavy (non-hydrogen) atoms. The molecule has 1 aromatic carbocycles. The maximum Gasteiger partial charge on any atom is 0.264 e. The van der Waals surface area contributed by atoms with Gasteiger partial charge in [-0.25, -0.2) is 0 Å². The molecule has 0 bridgehead atoms. The van der Waals surface area contributed by atoms with Crippen LogP contribution in [0.5, 0.6) is 0 Å². The van der Waals surface area contributed by atoms with E-state index >= 15 is 0 Å². The Balaban J connectivity index is 2.02. The number of amides is 1. The van der Waals surface area contributed by atoms with Gasteiger partial charge in [0.25, 0.3) is 10.1 Å². The Hall–Kier alpha value is -1.40. The number of carbonyl (C=O) groups is 1. The van der Waals surface area contributed by atoms with Crippen molar-refractivity contribution in [3.05, 3.63) is 29.3 Å². The standard InChI is InChI=1S/C12H15NO4S/c1-18(15,16)17-7-6-9-2-3-10-4-5-12(14)13-11(10)8-9/h2-3,8H,4-7H2,1H3,(H,13,14). The number of fused-ring (bicyclic) bond motifs is 1. The van der Waals surface area contributed by atoms with Gasteiger partial charge in [-0.1, -0.05) is 12.1 Å². The lowest BCUT2D eigenvalue weighted by Gasteiger charge is -2.17. The molecule has 0 saturated heterocycles. The first-order chi connectivity index (χ1) is 8.44. The van der Waals surface area contributed by atoms with E-state index in [1.54, 1.807) is 0 Å². The lowest BCUT2D eigenvalue weighted by molar-refractivity contribution is -0.116. The van der Waals surface area contributed by atoms with Crippen LogP contribution in [0.1, 0.15) is 17.5 Å². The Labute approximate surface area is 106 Å². The maximum atomic E-state index is 11.3. The number of carbonyl (C=O) groups excluding carboxylic acids is 1. The molecule has 1 aliphatic rings. The summed E-state index contributed by atoms with van der Waals surface area (Å²) in [5.74, 6) is 0.0204. The molecule has 1 amide bonds. The molecule has 0 radical (unpaired) electrons. The van der Waals surface area contributed by atoms with Gasteiger partial charge < -0.3 is 5.32 Å². The Morgan fingerprint density at radius 1 is 1.33 bits per heavy atom. The van der Waals surface area contributed by atoms with Crippen LogP contribution in [-0.4, -0.2) is 27.2 Å². The van der Waals surface area contributed by atoms with E-state index in [4.69, 9.17) is 0 Å². The molecule has 2 rings (SSSR count). The second-order valence-corrected chi connectivity index (χ2v) is 5.96. The molecule has 5 nitrogen and oxygen atoms in total. The molecule has 6 heteroatoms. The fraction of sp³-hybridized carbons (Fsp3) is 0.417. The van der Waals surface area contributed by atoms with Crippen molar-refractivity contribution >= 4 is 21.7 Å². The zero-order valence-electron chi connectivity index (χ0n) is 10.1. The van der Waals surface area contributed by atoms with Crippen LogP contribution in [0.2, 0.25) is 0 Å². The lowest BCUT2D eigenvalue weighted by Crippen LogP contribution is -2.19. The van der Waals surface area contributed by atoms with Crippen LogP contribution in [-0.2, 0) is 31.9 Å². The van der Waals surface area contributed by atoms with E-state index in [1.807, 2.05) is 18.2 Å². The fourth-order valence-corrected chi connectivity index (χ4v) is 2.27. The van der Waals surface area contributed by atoms with E-state index in [9.17, 15) is 13.2 Å². The first-order valence-corrected chi connectivity index (χ1v) is 7.52. The third-order valence-electron chi connectivity index (χ3n) is 2.76. The van der Waals surface area contributed by atoms with E-state index in [1.165, 1.54) is 0 Å². The number of nitrogens with one attached hydrogen (secondary N) is 1. The number of anilines is 1. The maximum absolute atomic E-state index is 11.3. The smallest absolute Gasteiger partial charge is 0.264 e. The highest BCUT2D eigenvalue weighted by molar-refractivity contribution is 7.85. The third kappa shape index (κ3) is 3.54. The second kappa shape index (κ2) is 5.07. The first-order valence-electron chi connectivity index (χ1n) is 5.70. The second-order valence-electron chi connectivity index (χ2n) is 4.32. The molecule has 0 saturated carbocycles. The summed E-state index contributed by atoms with van der Waals surface area (Å²) in [6.45, 7) is 0.117. The number of benzene rings is 1. The van der Waals surface area contributed by atoms with Gasteiger partial charge in [-0.05, 0) is 30.0 Å². The van der Waals surface area contributed by atoms with Gasteiger partial charge in [0.1, 0.15) is 0 Å². The highest BCUT2D eigenvalue weighted by Gasteiger charge is 2.14. The van der Waals surface area contributed by atoms with Gasteiger partial charge in [0.2, 0.25) is 5.91 Å². The SMILES string of the molecule is CS(=O)(=O)OCCc1ccc2c(c1)NC(=O)CC2. The summed E-state index contributed by atoms with van der Waals surface area (Å²) in [6.07, 6.45) is 2.79. The van der Waals surface area contributed by atoms with Gasteiger partial charge in [-0.15, -0.1) is 0 Å². The fourth-order valence-electron chi connectivity index (χ4n) is 1.89. The van der Waals surface area contributed by atoms with Crippen molar-refractivity contribution in [2.45, 2.75) is 19.3 Å². The summed E-state index contributed by atoms with van der Waals surface area (Å²) in [5, 5.41) is 2.81. The molecule has 0 aliphatic carbocycles. The molecule has 1 aliphatic heterocycles. The van der Waals surface area contributed by atoms with Crippen molar-refractivity contribution in [3.8, 4) is 0 Å². The lowest BCUT2D eigenvalue weighted by atomic mass is 10.00. The third-order valence-corrected chi connectivity index (χ3v) is 3.35. The van der Waals surface area contributed by atoms with Crippen molar-refractivity contribution in [1.29, 1.82) is 0 Å². The van der Waals surface area contributed by atoms with Gasteiger partial charge >= 0.3 is 0 Å². The Bertz CT molecular complexity index is 565. The van der Waals surface area contributed by atoms with Crippen LogP contribution in [0, 0.1) is 0 Å². The van der Waals surface area contributed by atoms with Gasteiger partial charge in [0.05, 0.1) is 12.9 Å². The van der Waals surface area contributed by atoms with Crippen LogP contribution in [0.25, 0.3) is 0 Å². The summed E-state index contributed by atoms with van der Waals surface area (Å²) in [4.78, 5) is 11.3. The van der Waals surface area contributed by atoms with Crippen molar-refractivity contribution in [1.82, 2.24) is 0 Å². The quantitative estimate of drug-likeness (QED) is 0.830. The van der Waals surface area contributed by atoms with E-state index in [0.717, 1.165) is 29.5 Å². The molecule has 1 heterocycles. The van der Waals surface area contributed by atoms with E-state index < -0.39 is 10.1 Å². The van der Waals surface area contributed by atoms with Crippen LogP contribution in [0.15, 0.2) is 18.2 Å². The van der Waals surface area contributed by atoms with Crippen LogP contribution < -0.4 is 5.32 Å². The monoisotopic (exact) mass is 269 g/mol. The zero-order chi connectivity index (χ0) is 13.2. The molecule has 1 aromatic rings. The molecular weight excluding hydrogens is 254 g/mol. The summed E-state index contributed by atoms with van der Waals surface area (Å²) in [5.41, 5.74) is 2.88. The molecule has 0 unspecified atom stereocenters. The summed E-state index contributed by atoms with van der Waals surface area (Å²) < 4.78 is 26.3. The Morgan fingerprint density at radius 2 is 2.11 bits per heavy atom. The normalized spacial score (nSPS) is 15.1. The highest BCUT2D eigenvalue weighted by Crippen LogP contribution is 2.23. The Morgan fingerprint density at radius 3 is 2.83 bits per heavy atom. The summed E-state index contributed by atoms with van der Waals surface area (Å²) >= 11 is 0. The zero-order valence-corrected chi connectivity index (χ0v) is 10.9. The Kier molecular flexibility index (Phi) is 3.68. The first kappa shape index (κ1) is 13.0. The van der Waals surface area contributed by atoms with Gasteiger partial charge in [-0.2, -0.15) is 8.42 Å². The summed E-state index contributed by atoms with van der Waals surface area (Å²) in [7, 11) is -3.39. The average molecular weight is 269 g/mol. The minimum atomic E-state index is -3.39. The van der Waals surface area contributed by atoms with Crippen LogP contribution >= 0.6 is 0 Å². The van der Waals surface area contributed by atoms with Crippen molar-refractivity contribution in [2.75, 3.05) is 18.2 Å². The summed E-state index contributed by atoms with van der Waals surface area (Å²) in [6, 6.07) is 5.77. The van der Waals surface area contributed by atoms with Crippen molar-refractivity contribution in [3.63, 3.8) is 0 Å². The molecular formula is C12H15NO4S. The highest BCUT2D eigenvalue weighted by atomic mass is 32.2. The minimum absolute atomic E-state index is 0.0204. The van der Waals surface area contributed by atoms with Crippen molar-refractivity contribution in [2.24, 2.45) is 0 Å². The number of rotatable bonds is 4. The van der Waals surface area contributed by atoms with Crippen LogP contribution in [0.4, 0.5) is 5.69 Å².